The molecule has 0 spiro atoms. The third-order valence-electron chi connectivity index (χ3n) is 1.21. The molecule has 0 aliphatic heterocycles. The van der Waals surface area contributed by atoms with E-state index in [9.17, 15) is 9.59 Å². The van der Waals surface area contributed by atoms with Crippen molar-refractivity contribution < 1.29 is 19.8 Å². The SMILES string of the molecule is C[C@H](C(=O)O)C(=O)[C@H](C)O. The van der Waals surface area contributed by atoms with Crippen molar-refractivity contribution in [3.05, 3.63) is 0 Å². The monoisotopic (exact) mass is 146 g/mol. The predicted molar refractivity (Wildman–Crippen MR) is 33.5 cm³/mol. The lowest BCUT2D eigenvalue weighted by atomic mass is 10.0. The van der Waals surface area contributed by atoms with Crippen LogP contribution in [0, 0.1) is 5.92 Å². The van der Waals surface area contributed by atoms with Gasteiger partial charge in [0.1, 0.15) is 12.0 Å². The minimum atomic E-state index is -1.20. The Labute approximate surface area is 58.5 Å². The van der Waals surface area contributed by atoms with Crippen molar-refractivity contribution in [2.45, 2.75) is 20.0 Å². The first-order chi connectivity index (χ1) is 4.46. The Morgan fingerprint density at radius 2 is 1.70 bits per heavy atom. The second kappa shape index (κ2) is 3.31. The molecule has 0 bridgehead atoms. The van der Waals surface area contributed by atoms with E-state index in [0.717, 1.165) is 0 Å². The van der Waals surface area contributed by atoms with Crippen LogP contribution < -0.4 is 0 Å². The number of rotatable bonds is 3. The zero-order valence-corrected chi connectivity index (χ0v) is 5.87. The highest BCUT2D eigenvalue weighted by molar-refractivity contribution is 5.99. The van der Waals surface area contributed by atoms with Gasteiger partial charge in [-0.15, -0.1) is 0 Å². The molecule has 0 saturated heterocycles. The van der Waals surface area contributed by atoms with Crippen molar-refractivity contribution in [1.29, 1.82) is 0 Å². The fourth-order valence-electron chi connectivity index (χ4n) is 0.484. The van der Waals surface area contributed by atoms with E-state index < -0.39 is 23.8 Å². The molecule has 0 fully saturated rings. The fourth-order valence-corrected chi connectivity index (χ4v) is 0.484. The molecule has 0 aliphatic carbocycles. The predicted octanol–water partition coefficient (Wildman–Crippen LogP) is -0.343. The van der Waals surface area contributed by atoms with Crippen LogP contribution in [-0.2, 0) is 9.59 Å². The maximum absolute atomic E-state index is 10.7. The Hall–Kier alpha value is -0.900. The zero-order valence-electron chi connectivity index (χ0n) is 5.87. The van der Waals surface area contributed by atoms with Crippen molar-refractivity contribution in [2.75, 3.05) is 0 Å². The van der Waals surface area contributed by atoms with E-state index in [2.05, 4.69) is 0 Å². The average Bonchev–Trinajstić information content (AvgIpc) is 1.84. The number of ketones is 1. The standard InChI is InChI=1S/C6H10O4/c1-3(6(9)10)5(8)4(2)7/h3-4,7H,1-2H3,(H,9,10)/t3-,4-/m0/s1. The molecule has 10 heavy (non-hydrogen) atoms. The number of carboxylic acids is 1. The summed E-state index contributed by atoms with van der Waals surface area (Å²) in [7, 11) is 0. The molecule has 0 aromatic rings. The van der Waals surface area contributed by atoms with Crippen LogP contribution in [-0.4, -0.2) is 28.1 Å². The van der Waals surface area contributed by atoms with Crippen molar-refractivity contribution >= 4 is 11.8 Å². The fraction of sp³-hybridized carbons (Fsp3) is 0.667. The Bertz CT molecular complexity index is 150. The first-order valence-corrected chi connectivity index (χ1v) is 2.91. The molecule has 0 saturated carbocycles. The van der Waals surface area contributed by atoms with Crippen LogP contribution in [0.15, 0.2) is 0 Å². The van der Waals surface area contributed by atoms with E-state index in [-0.39, 0.29) is 0 Å². The first-order valence-electron chi connectivity index (χ1n) is 2.91. The molecule has 0 unspecified atom stereocenters. The summed E-state index contributed by atoms with van der Waals surface area (Å²) in [6.07, 6.45) is -1.19. The van der Waals surface area contributed by atoms with Crippen LogP contribution >= 0.6 is 0 Å². The van der Waals surface area contributed by atoms with Crippen LogP contribution in [0.4, 0.5) is 0 Å². The van der Waals surface area contributed by atoms with Gasteiger partial charge in [0.15, 0.2) is 5.78 Å². The average molecular weight is 146 g/mol. The first kappa shape index (κ1) is 9.10. The van der Waals surface area contributed by atoms with E-state index in [1.165, 1.54) is 13.8 Å². The topological polar surface area (TPSA) is 74.6 Å². The zero-order chi connectivity index (χ0) is 8.31. The van der Waals surface area contributed by atoms with Gasteiger partial charge in [-0.3, -0.25) is 9.59 Å². The Morgan fingerprint density at radius 1 is 1.30 bits per heavy atom. The Kier molecular flexibility index (Phi) is 3.02. The normalized spacial score (nSPS) is 15.9. The number of carboxylic acid groups (broad SMARTS) is 1. The Morgan fingerprint density at radius 3 is 1.80 bits per heavy atom. The van der Waals surface area contributed by atoms with Crippen LogP contribution in [0.5, 0.6) is 0 Å². The number of aliphatic hydroxyl groups excluding tert-OH is 1. The molecule has 2 atom stereocenters. The van der Waals surface area contributed by atoms with Gasteiger partial charge in [-0.2, -0.15) is 0 Å². The van der Waals surface area contributed by atoms with Crippen molar-refractivity contribution in [1.82, 2.24) is 0 Å². The molecule has 0 rings (SSSR count). The van der Waals surface area contributed by atoms with Gasteiger partial charge >= 0.3 is 5.97 Å². The third-order valence-corrected chi connectivity index (χ3v) is 1.21. The number of carbonyl (C=O) groups is 2. The number of carbonyl (C=O) groups excluding carboxylic acids is 1. The summed E-state index contributed by atoms with van der Waals surface area (Å²) in [5.74, 6) is -2.97. The van der Waals surface area contributed by atoms with Gasteiger partial charge in [-0.05, 0) is 13.8 Å². The van der Waals surface area contributed by atoms with Crippen molar-refractivity contribution in [2.24, 2.45) is 5.92 Å². The molecule has 0 radical (unpaired) electrons. The van der Waals surface area contributed by atoms with Crippen LogP contribution in [0.2, 0.25) is 0 Å². The molecule has 2 N–H and O–H groups in total. The van der Waals surface area contributed by atoms with E-state index in [1.807, 2.05) is 0 Å². The molecule has 0 aromatic carbocycles. The van der Waals surface area contributed by atoms with Gasteiger partial charge < -0.3 is 10.2 Å². The third kappa shape index (κ3) is 2.14. The number of aliphatic hydroxyl groups is 1. The van der Waals surface area contributed by atoms with Crippen molar-refractivity contribution in [3.63, 3.8) is 0 Å². The minimum Gasteiger partial charge on any atom is -0.481 e. The molecule has 0 heterocycles. The number of Topliss-reactive ketones (excluding diaryl/α,β-unsaturated/α-hetero) is 1. The van der Waals surface area contributed by atoms with Gasteiger partial charge in [0.2, 0.25) is 0 Å². The lowest BCUT2D eigenvalue weighted by Crippen LogP contribution is -2.29. The van der Waals surface area contributed by atoms with E-state index >= 15 is 0 Å². The van der Waals surface area contributed by atoms with E-state index in [1.54, 1.807) is 0 Å². The van der Waals surface area contributed by atoms with Crippen LogP contribution in [0.3, 0.4) is 0 Å². The summed E-state index contributed by atoms with van der Waals surface area (Å²) in [5.41, 5.74) is 0. The van der Waals surface area contributed by atoms with Gasteiger partial charge in [-0.25, -0.2) is 0 Å². The molecule has 58 valence electrons. The Balaban J connectivity index is 4.08. The van der Waals surface area contributed by atoms with Crippen molar-refractivity contribution in [3.8, 4) is 0 Å². The smallest absolute Gasteiger partial charge is 0.313 e. The molecule has 0 aromatic heterocycles. The van der Waals surface area contributed by atoms with Crippen LogP contribution in [0.1, 0.15) is 13.8 Å². The highest BCUT2D eigenvalue weighted by Crippen LogP contribution is 2.00. The summed E-state index contributed by atoms with van der Waals surface area (Å²) in [6.45, 7) is 2.50. The summed E-state index contributed by atoms with van der Waals surface area (Å²) in [6, 6.07) is 0. The molecule has 4 heteroatoms. The summed E-state index contributed by atoms with van der Waals surface area (Å²) < 4.78 is 0. The maximum Gasteiger partial charge on any atom is 0.313 e. The molecule has 0 aliphatic rings. The summed E-state index contributed by atoms with van der Waals surface area (Å²) >= 11 is 0. The van der Waals surface area contributed by atoms with E-state index in [0.29, 0.717) is 0 Å². The number of hydrogen-bond acceptors (Lipinski definition) is 3. The quantitative estimate of drug-likeness (QED) is 0.534. The molecule has 4 nitrogen and oxygen atoms in total. The van der Waals surface area contributed by atoms with Gasteiger partial charge in [0.25, 0.3) is 0 Å². The molecular weight excluding hydrogens is 136 g/mol. The molecular formula is C6H10O4. The number of hydrogen-bond donors (Lipinski definition) is 2. The minimum absolute atomic E-state index is 0.660. The second-order valence-corrected chi connectivity index (χ2v) is 2.14. The molecule has 0 amide bonds. The maximum atomic E-state index is 10.7. The lowest BCUT2D eigenvalue weighted by Gasteiger charge is -2.05. The highest BCUT2D eigenvalue weighted by atomic mass is 16.4. The van der Waals surface area contributed by atoms with E-state index in [4.69, 9.17) is 10.2 Å². The van der Waals surface area contributed by atoms with Gasteiger partial charge in [0, 0.05) is 0 Å². The lowest BCUT2D eigenvalue weighted by molar-refractivity contribution is -0.148. The largest absolute Gasteiger partial charge is 0.481 e. The summed E-state index contributed by atoms with van der Waals surface area (Å²) in [4.78, 5) is 20.8. The van der Waals surface area contributed by atoms with Gasteiger partial charge in [0.05, 0.1) is 0 Å². The number of aliphatic carboxylic acids is 1. The van der Waals surface area contributed by atoms with Crippen LogP contribution in [0.25, 0.3) is 0 Å². The highest BCUT2D eigenvalue weighted by Gasteiger charge is 2.23. The van der Waals surface area contributed by atoms with Gasteiger partial charge in [-0.1, -0.05) is 0 Å². The second-order valence-electron chi connectivity index (χ2n) is 2.14. The summed E-state index contributed by atoms with van der Waals surface area (Å²) in [5, 5.41) is 16.9.